The third-order valence-corrected chi connectivity index (χ3v) is 5.82. The van der Waals surface area contributed by atoms with Gasteiger partial charge in [0.05, 0.1) is 24.7 Å². The molecule has 0 aliphatic carbocycles. The monoisotopic (exact) mass is 454 g/mol. The molecule has 4 rings (SSSR count). The molecule has 1 aliphatic heterocycles. The molecule has 1 fully saturated rings. The smallest absolute Gasteiger partial charge is 0.293 e. The molecular formula is C23H19FN2O5S. The average Bonchev–Trinajstić information content (AvgIpc) is 3.30. The van der Waals surface area contributed by atoms with Crippen LogP contribution in [0.1, 0.15) is 11.1 Å². The third kappa shape index (κ3) is 4.67. The van der Waals surface area contributed by atoms with Crippen molar-refractivity contribution in [3.05, 3.63) is 70.6 Å². The van der Waals surface area contributed by atoms with Crippen molar-refractivity contribution in [2.75, 3.05) is 20.2 Å². The Kier molecular flexibility index (Phi) is 6.27. The minimum atomic E-state index is -0.437. The first-order chi connectivity index (χ1) is 15.4. The normalized spacial score (nSPS) is 15.1. The van der Waals surface area contributed by atoms with E-state index in [1.54, 1.807) is 25.3 Å². The van der Waals surface area contributed by atoms with Gasteiger partial charge in [-0.15, -0.1) is 0 Å². The lowest BCUT2D eigenvalue weighted by Crippen LogP contribution is -2.37. The average molecular weight is 454 g/mol. The van der Waals surface area contributed by atoms with E-state index >= 15 is 0 Å². The zero-order chi connectivity index (χ0) is 22.7. The van der Waals surface area contributed by atoms with Gasteiger partial charge in [-0.2, -0.15) is 0 Å². The molecule has 7 nitrogen and oxygen atoms in total. The molecule has 0 atom stereocenters. The lowest BCUT2D eigenvalue weighted by molar-refractivity contribution is -0.124. The number of methoxy groups -OCH3 is 1. The molecule has 0 spiro atoms. The number of thioether (sulfide) groups is 1. The van der Waals surface area contributed by atoms with Crippen LogP contribution in [0.2, 0.25) is 0 Å². The number of benzene rings is 2. The third-order valence-electron chi connectivity index (χ3n) is 4.91. The number of hydrogen-bond donors (Lipinski definition) is 1. The van der Waals surface area contributed by atoms with Crippen LogP contribution in [-0.4, -0.2) is 42.2 Å². The van der Waals surface area contributed by atoms with E-state index in [1.807, 2.05) is 6.07 Å². The van der Waals surface area contributed by atoms with Crippen LogP contribution in [-0.2, 0) is 16.0 Å². The van der Waals surface area contributed by atoms with Gasteiger partial charge >= 0.3 is 0 Å². The zero-order valence-corrected chi connectivity index (χ0v) is 17.9. The highest BCUT2D eigenvalue weighted by molar-refractivity contribution is 8.18. The number of halogens is 1. The molecule has 1 aliphatic rings. The Morgan fingerprint density at radius 3 is 2.75 bits per heavy atom. The van der Waals surface area contributed by atoms with Crippen LogP contribution in [0.3, 0.4) is 0 Å². The molecule has 0 saturated carbocycles. The quantitative estimate of drug-likeness (QED) is 0.544. The number of nitrogens with one attached hydrogen (secondary N) is 1. The molecule has 1 aromatic heterocycles. The molecule has 32 heavy (non-hydrogen) atoms. The summed E-state index contributed by atoms with van der Waals surface area (Å²) in [5.74, 6) is -0.409. The summed E-state index contributed by atoms with van der Waals surface area (Å²) in [6.07, 6.45) is 3.17. The number of ether oxygens (including phenoxy) is 1. The molecule has 0 bridgehead atoms. The van der Waals surface area contributed by atoms with Crippen molar-refractivity contribution >= 4 is 45.9 Å². The number of hydrogen-bond acceptors (Lipinski definition) is 6. The molecule has 2 aromatic carbocycles. The van der Waals surface area contributed by atoms with Crippen LogP contribution in [0.15, 0.2) is 58.1 Å². The van der Waals surface area contributed by atoms with E-state index in [0.717, 1.165) is 27.6 Å². The van der Waals surface area contributed by atoms with Crippen LogP contribution < -0.4 is 10.1 Å². The number of imide groups is 1. The van der Waals surface area contributed by atoms with Crippen LogP contribution >= 0.6 is 11.8 Å². The van der Waals surface area contributed by atoms with Gasteiger partial charge in [0.2, 0.25) is 5.91 Å². The Hall–Kier alpha value is -3.59. The summed E-state index contributed by atoms with van der Waals surface area (Å²) in [6.45, 7) is 0.185. The largest absolute Gasteiger partial charge is 0.497 e. The standard InChI is InChI=1S/C23H19FN2O5S/c1-30-17-6-7-18-15(13-31-19(18)12-17)11-21(27)25-8-9-26-22(28)20(32-23(26)29)10-14-2-4-16(24)5-3-14/h2-7,10,12-13H,8-9,11H2,1H3,(H,25,27)/b20-10+. The van der Waals surface area contributed by atoms with Gasteiger partial charge < -0.3 is 14.5 Å². The molecule has 3 amide bonds. The fraction of sp³-hybridized carbons (Fsp3) is 0.174. The van der Waals surface area contributed by atoms with Gasteiger partial charge in [0.15, 0.2) is 0 Å². The molecule has 0 unspecified atom stereocenters. The first-order valence-corrected chi connectivity index (χ1v) is 10.6. The van der Waals surface area contributed by atoms with Gasteiger partial charge in [-0.3, -0.25) is 19.3 Å². The summed E-state index contributed by atoms with van der Waals surface area (Å²) in [5.41, 5.74) is 1.97. The SMILES string of the molecule is COc1ccc2c(CC(=O)NCCN3C(=O)S/C(=C/c4ccc(F)cc4)C3=O)coc2c1. The molecule has 164 valence electrons. The molecule has 1 N–H and O–H groups in total. The van der Waals surface area contributed by atoms with Crippen LogP contribution in [0.4, 0.5) is 9.18 Å². The minimum Gasteiger partial charge on any atom is -0.497 e. The van der Waals surface area contributed by atoms with Gasteiger partial charge in [0.25, 0.3) is 11.1 Å². The molecule has 9 heteroatoms. The van der Waals surface area contributed by atoms with E-state index in [9.17, 15) is 18.8 Å². The number of nitrogens with zero attached hydrogens (tertiary/aromatic N) is 1. The minimum absolute atomic E-state index is 0.0560. The maximum absolute atomic E-state index is 13.0. The van der Waals surface area contributed by atoms with Crippen molar-refractivity contribution in [3.8, 4) is 5.75 Å². The van der Waals surface area contributed by atoms with Crippen LogP contribution in [0, 0.1) is 5.82 Å². The number of amides is 3. The van der Waals surface area contributed by atoms with Crippen LogP contribution in [0.25, 0.3) is 17.0 Å². The van der Waals surface area contributed by atoms with Crippen molar-refractivity contribution in [1.82, 2.24) is 10.2 Å². The number of fused-ring (bicyclic) bond motifs is 1. The lowest BCUT2D eigenvalue weighted by Gasteiger charge is -2.12. The van der Waals surface area contributed by atoms with E-state index in [1.165, 1.54) is 30.5 Å². The first-order valence-electron chi connectivity index (χ1n) is 9.76. The molecule has 3 aromatic rings. The zero-order valence-electron chi connectivity index (χ0n) is 17.1. The summed E-state index contributed by atoms with van der Waals surface area (Å²) in [7, 11) is 1.56. The molecular weight excluding hydrogens is 435 g/mol. The summed E-state index contributed by atoms with van der Waals surface area (Å²) in [4.78, 5) is 38.4. The fourth-order valence-corrected chi connectivity index (χ4v) is 4.14. The van der Waals surface area contributed by atoms with Gasteiger partial charge in [0.1, 0.15) is 17.1 Å². The Morgan fingerprint density at radius 1 is 1.22 bits per heavy atom. The number of carbonyl (C=O) groups excluding carboxylic acids is 3. The van der Waals surface area contributed by atoms with Crippen LogP contribution in [0.5, 0.6) is 5.75 Å². The predicted octanol–water partition coefficient (Wildman–Crippen LogP) is 3.98. The van der Waals surface area contributed by atoms with Crippen molar-refractivity contribution < 1.29 is 27.9 Å². The second-order valence-corrected chi connectivity index (χ2v) is 8.03. The van der Waals surface area contributed by atoms with E-state index in [2.05, 4.69) is 5.32 Å². The van der Waals surface area contributed by atoms with Crippen molar-refractivity contribution in [2.24, 2.45) is 0 Å². The second kappa shape index (κ2) is 9.27. The predicted molar refractivity (Wildman–Crippen MR) is 119 cm³/mol. The highest BCUT2D eigenvalue weighted by Gasteiger charge is 2.34. The number of rotatable bonds is 7. The van der Waals surface area contributed by atoms with E-state index in [4.69, 9.17) is 9.15 Å². The molecule has 2 heterocycles. The summed E-state index contributed by atoms with van der Waals surface area (Å²) in [5, 5.41) is 3.13. The van der Waals surface area contributed by atoms with Gasteiger partial charge in [0, 0.05) is 30.1 Å². The van der Waals surface area contributed by atoms with Gasteiger partial charge in [-0.05, 0) is 47.7 Å². The van der Waals surface area contributed by atoms with Crippen molar-refractivity contribution in [1.29, 1.82) is 0 Å². The second-order valence-electron chi connectivity index (χ2n) is 7.03. The van der Waals surface area contributed by atoms with E-state index < -0.39 is 11.1 Å². The number of carbonyl (C=O) groups is 3. The topological polar surface area (TPSA) is 88.9 Å². The number of furan rings is 1. The van der Waals surface area contributed by atoms with Crippen molar-refractivity contribution in [3.63, 3.8) is 0 Å². The summed E-state index contributed by atoms with van der Waals surface area (Å²) < 4.78 is 23.7. The highest BCUT2D eigenvalue weighted by atomic mass is 32.2. The van der Waals surface area contributed by atoms with Crippen molar-refractivity contribution in [2.45, 2.75) is 6.42 Å². The van der Waals surface area contributed by atoms with E-state index in [-0.39, 0.29) is 36.1 Å². The lowest BCUT2D eigenvalue weighted by atomic mass is 10.1. The first kappa shape index (κ1) is 21.6. The highest BCUT2D eigenvalue weighted by Crippen LogP contribution is 2.32. The molecule has 0 radical (unpaired) electrons. The Morgan fingerprint density at radius 2 is 2.00 bits per heavy atom. The Bertz CT molecular complexity index is 1220. The summed E-state index contributed by atoms with van der Waals surface area (Å²) >= 11 is 0.817. The maximum atomic E-state index is 13.0. The maximum Gasteiger partial charge on any atom is 0.293 e. The summed E-state index contributed by atoms with van der Waals surface area (Å²) in [6, 6.07) is 11.0. The Labute approximate surface area is 187 Å². The fourth-order valence-electron chi connectivity index (χ4n) is 3.27. The van der Waals surface area contributed by atoms with Gasteiger partial charge in [-0.1, -0.05) is 12.1 Å². The Balaban J connectivity index is 1.32. The van der Waals surface area contributed by atoms with Gasteiger partial charge in [-0.25, -0.2) is 4.39 Å². The molecule has 1 saturated heterocycles. The van der Waals surface area contributed by atoms with E-state index in [0.29, 0.717) is 16.9 Å².